The minimum atomic E-state index is -0.0491. The number of carbonyl (C=O) groups excluding carboxylic acids is 1. The van der Waals surface area contributed by atoms with Crippen LogP contribution in [0.2, 0.25) is 0 Å². The maximum absolute atomic E-state index is 11.4. The smallest absolute Gasteiger partial charge is 0.240 e. The second-order valence-electron chi connectivity index (χ2n) is 6.30. The molecule has 1 amide bonds. The number of amides is 1. The van der Waals surface area contributed by atoms with E-state index in [2.05, 4.69) is 30.8 Å². The summed E-state index contributed by atoms with van der Waals surface area (Å²) in [5.74, 6) is 0.810. The van der Waals surface area contributed by atoms with Gasteiger partial charge in [-0.05, 0) is 29.8 Å². The predicted molar refractivity (Wildman–Crippen MR) is 99.6 cm³/mol. The van der Waals surface area contributed by atoms with E-state index in [-0.39, 0.29) is 11.8 Å². The third-order valence-electron chi connectivity index (χ3n) is 4.40. The fourth-order valence-corrected chi connectivity index (χ4v) is 3.05. The molecule has 7 nitrogen and oxygen atoms in total. The van der Waals surface area contributed by atoms with Crippen LogP contribution in [0.15, 0.2) is 54.2 Å². The van der Waals surface area contributed by atoms with Crippen molar-refractivity contribution in [2.24, 2.45) is 11.0 Å². The van der Waals surface area contributed by atoms with Crippen LogP contribution < -0.4 is 10.7 Å². The summed E-state index contributed by atoms with van der Waals surface area (Å²) in [5, 5.41) is 8.51. The van der Waals surface area contributed by atoms with Gasteiger partial charge in [0, 0.05) is 42.2 Å². The van der Waals surface area contributed by atoms with Gasteiger partial charge in [0.1, 0.15) is 12.1 Å². The number of rotatable bonds is 4. The molecule has 2 N–H and O–H groups in total. The Hall–Kier alpha value is -3.35. The number of anilines is 1. The van der Waals surface area contributed by atoms with Crippen LogP contribution in [-0.4, -0.2) is 26.6 Å². The van der Waals surface area contributed by atoms with Gasteiger partial charge >= 0.3 is 0 Å². The third kappa shape index (κ3) is 3.23. The molecule has 0 radical (unpaired) electrons. The average molecular weight is 346 g/mol. The number of nitrogens with zero attached hydrogens (tertiary/aromatic N) is 4. The van der Waals surface area contributed by atoms with Gasteiger partial charge < -0.3 is 5.32 Å². The molecular weight excluding hydrogens is 328 g/mol. The number of hydrogen-bond donors (Lipinski definition) is 2. The summed E-state index contributed by atoms with van der Waals surface area (Å²) in [5.41, 5.74) is 6.36. The van der Waals surface area contributed by atoms with Crippen LogP contribution in [0.1, 0.15) is 24.5 Å². The van der Waals surface area contributed by atoms with Crippen LogP contribution in [-0.2, 0) is 11.3 Å². The molecule has 1 aromatic carbocycles. The van der Waals surface area contributed by atoms with Gasteiger partial charge in [0.05, 0.1) is 11.2 Å². The number of pyridine rings is 1. The first-order valence-corrected chi connectivity index (χ1v) is 8.45. The van der Waals surface area contributed by atoms with Crippen molar-refractivity contribution in [3.63, 3.8) is 0 Å². The number of carbonyl (C=O) groups is 1. The Morgan fingerprint density at radius 2 is 2.04 bits per heavy atom. The Morgan fingerprint density at radius 1 is 1.19 bits per heavy atom. The molecule has 0 saturated heterocycles. The van der Waals surface area contributed by atoms with Gasteiger partial charge in [0.15, 0.2) is 0 Å². The van der Waals surface area contributed by atoms with E-state index in [0.29, 0.717) is 13.0 Å². The molecule has 7 heteroatoms. The Labute approximate surface area is 150 Å². The Bertz CT molecular complexity index is 986. The molecule has 1 atom stereocenters. The number of hydrogen-bond acceptors (Lipinski definition) is 6. The van der Waals surface area contributed by atoms with Crippen molar-refractivity contribution >= 4 is 28.3 Å². The van der Waals surface area contributed by atoms with Crippen molar-refractivity contribution < 1.29 is 4.79 Å². The van der Waals surface area contributed by atoms with Gasteiger partial charge in [0.2, 0.25) is 5.91 Å². The van der Waals surface area contributed by atoms with Crippen LogP contribution in [0.4, 0.5) is 5.82 Å². The highest BCUT2D eigenvalue weighted by molar-refractivity contribution is 6.07. The topological polar surface area (TPSA) is 92.2 Å². The van der Waals surface area contributed by atoms with Gasteiger partial charge in [0.25, 0.3) is 0 Å². The summed E-state index contributed by atoms with van der Waals surface area (Å²) >= 11 is 0. The van der Waals surface area contributed by atoms with E-state index in [0.717, 1.165) is 33.6 Å². The molecule has 1 aliphatic rings. The number of nitrogens with one attached hydrogen (secondary N) is 2. The highest BCUT2D eigenvalue weighted by Gasteiger charge is 2.22. The maximum Gasteiger partial charge on any atom is 0.240 e. The van der Waals surface area contributed by atoms with Gasteiger partial charge in [-0.1, -0.05) is 13.0 Å². The van der Waals surface area contributed by atoms with Crippen LogP contribution in [0.25, 0.3) is 10.9 Å². The van der Waals surface area contributed by atoms with Crippen LogP contribution >= 0.6 is 0 Å². The van der Waals surface area contributed by atoms with Crippen molar-refractivity contribution in [3.05, 3.63) is 60.2 Å². The molecular formula is C19H18N6O. The standard InChI is InChI=1S/C19H18N6O/c1-12-8-17(26)24-25-18(12)14-2-3-15-16(9-14)22-11-23-19(15)21-10-13-4-6-20-7-5-13/h2-7,9,11-12H,8,10H2,1H3,(H,24,26)(H,21,22,23). The van der Waals surface area contributed by atoms with Crippen LogP contribution in [0.3, 0.4) is 0 Å². The zero-order chi connectivity index (χ0) is 17.9. The minimum Gasteiger partial charge on any atom is -0.365 e. The van der Waals surface area contributed by atoms with E-state index in [4.69, 9.17) is 0 Å². The zero-order valence-electron chi connectivity index (χ0n) is 14.3. The molecule has 3 heterocycles. The summed E-state index contributed by atoms with van der Waals surface area (Å²) in [7, 11) is 0. The molecule has 0 fully saturated rings. The van der Waals surface area contributed by atoms with Crippen molar-refractivity contribution in [1.29, 1.82) is 0 Å². The number of fused-ring (bicyclic) bond motifs is 1. The first-order valence-electron chi connectivity index (χ1n) is 8.45. The highest BCUT2D eigenvalue weighted by atomic mass is 16.2. The van der Waals surface area contributed by atoms with E-state index in [1.54, 1.807) is 18.7 Å². The molecule has 2 aromatic heterocycles. The van der Waals surface area contributed by atoms with Gasteiger partial charge in [-0.15, -0.1) is 0 Å². The van der Waals surface area contributed by atoms with Crippen molar-refractivity contribution in [1.82, 2.24) is 20.4 Å². The van der Waals surface area contributed by atoms with E-state index < -0.39 is 0 Å². The first kappa shape index (κ1) is 16.1. The normalized spacial score (nSPS) is 16.9. The number of hydrazone groups is 1. The molecule has 0 saturated carbocycles. The summed E-state index contributed by atoms with van der Waals surface area (Å²) in [4.78, 5) is 24.2. The van der Waals surface area contributed by atoms with Crippen molar-refractivity contribution in [2.45, 2.75) is 19.9 Å². The third-order valence-corrected chi connectivity index (χ3v) is 4.40. The Morgan fingerprint density at radius 3 is 2.85 bits per heavy atom. The van der Waals surface area contributed by atoms with Gasteiger partial charge in [-0.25, -0.2) is 15.4 Å². The van der Waals surface area contributed by atoms with E-state index in [1.165, 1.54) is 0 Å². The van der Waals surface area contributed by atoms with Crippen LogP contribution in [0, 0.1) is 5.92 Å². The second-order valence-corrected chi connectivity index (χ2v) is 6.30. The van der Waals surface area contributed by atoms with E-state index in [9.17, 15) is 4.79 Å². The molecule has 1 aliphatic heterocycles. The summed E-state index contributed by atoms with van der Waals surface area (Å²) in [6, 6.07) is 9.90. The maximum atomic E-state index is 11.4. The Balaban J connectivity index is 1.63. The van der Waals surface area contributed by atoms with Crippen molar-refractivity contribution in [3.8, 4) is 0 Å². The quantitative estimate of drug-likeness (QED) is 0.757. The molecule has 26 heavy (non-hydrogen) atoms. The Kier molecular flexibility index (Phi) is 4.27. The van der Waals surface area contributed by atoms with Crippen LogP contribution in [0.5, 0.6) is 0 Å². The number of aromatic nitrogens is 3. The molecule has 4 rings (SSSR count). The lowest BCUT2D eigenvalue weighted by atomic mass is 9.93. The molecule has 0 spiro atoms. The molecule has 3 aromatic rings. The largest absolute Gasteiger partial charge is 0.365 e. The number of benzene rings is 1. The predicted octanol–water partition coefficient (Wildman–Crippen LogP) is 2.50. The molecule has 1 unspecified atom stereocenters. The lowest BCUT2D eigenvalue weighted by molar-refractivity contribution is -0.121. The fraction of sp³-hybridized carbons (Fsp3) is 0.211. The lowest BCUT2D eigenvalue weighted by Crippen LogP contribution is -2.31. The fourth-order valence-electron chi connectivity index (χ4n) is 3.05. The second kappa shape index (κ2) is 6.87. The summed E-state index contributed by atoms with van der Waals surface area (Å²) < 4.78 is 0. The molecule has 0 aliphatic carbocycles. The molecule has 0 bridgehead atoms. The zero-order valence-corrected chi connectivity index (χ0v) is 14.3. The SMILES string of the molecule is CC1CC(=O)NN=C1c1ccc2c(NCc3ccncc3)ncnc2c1. The summed E-state index contributed by atoms with van der Waals surface area (Å²) in [6.07, 6.45) is 5.53. The average Bonchev–Trinajstić information content (AvgIpc) is 2.66. The lowest BCUT2D eigenvalue weighted by Gasteiger charge is -2.19. The monoisotopic (exact) mass is 346 g/mol. The van der Waals surface area contributed by atoms with Gasteiger partial charge in [-0.2, -0.15) is 5.10 Å². The van der Waals surface area contributed by atoms with Gasteiger partial charge in [-0.3, -0.25) is 9.78 Å². The first-order chi connectivity index (χ1) is 12.7. The van der Waals surface area contributed by atoms with E-state index >= 15 is 0 Å². The highest BCUT2D eigenvalue weighted by Crippen LogP contribution is 2.24. The summed E-state index contributed by atoms with van der Waals surface area (Å²) in [6.45, 7) is 2.66. The molecule has 130 valence electrons. The van der Waals surface area contributed by atoms with Crippen molar-refractivity contribution in [2.75, 3.05) is 5.32 Å². The van der Waals surface area contributed by atoms with E-state index in [1.807, 2.05) is 37.3 Å². The minimum absolute atomic E-state index is 0.0491.